The zero-order valence-electron chi connectivity index (χ0n) is 16.6. The molecular weight excluding hydrogens is 404 g/mol. The van der Waals surface area contributed by atoms with Crippen molar-refractivity contribution in [2.75, 3.05) is 13.2 Å². The number of nitrogens with zero attached hydrogens (tertiary/aromatic N) is 1. The number of H-pyrrole nitrogens is 1. The van der Waals surface area contributed by atoms with Crippen molar-refractivity contribution in [1.29, 1.82) is 0 Å². The van der Waals surface area contributed by atoms with E-state index < -0.39 is 17.4 Å². The minimum atomic E-state index is -0.609. The normalized spacial score (nSPS) is 12.1. The Hall–Kier alpha value is -2.65. The van der Waals surface area contributed by atoms with Crippen LogP contribution in [0.15, 0.2) is 80.2 Å². The first-order valence-corrected chi connectivity index (χ1v) is 10.3. The number of nitrogens with one attached hydrogen (secondary N) is 1. The molecule has 3 rings (SSSR count). The molecule has 2 N–H and O–H groups in total. The summed E-state index contributed by atoms with van der Waals surface area (Å²) in [5.74, 6) is 0. The first kappa shape index (κ1) is 22.0. The summed E-state index contributed by atoms with van der Waals surface area (Å²) in [5, 5.41) is 10.1. The summed E-state index contributed by atoms with van der Waals surface area (Å²) in [6, 6.07) is 19.1. The van der Waals surface area contributed by atoms with Crippen molar-refractivity contribution < 1.29 is 14.6 Å². The Morgan fingerprint density at radius 2 is 1.73 bits per heavy atom. The topological polar surface area (TPSA) is 93.6 Å². The zero-order valence-corrected chi connectivity index (χ0v) is 17.4. The van der Waals surface area contributed by atoms with Gasteiger partial charge >= 0.3 is 5.69 Å². The Bertz CT molecular complexity index is 1050. The molecule has 1 atom stereocenters. The summed E-state index contributed by atoms with van der Waals surface area (Å²) in [7, 11) is 0. The van der Waals surface area contributed by atoms with Gasteiger partial charge in [-0.2, -0.15) is 0 Å². The standard InChI is InChI=1S/C22H24N2O5S/c1-16-20(26)23-22(27)24(21(16)30-19-10-6-3-7-11-19)15-29-18(12-25)14-28-13-17-8-4-2-5-9-17/h2-11,18,25H,12-15H2,1H3,(H,23,26,27)/t18-/m1/s1. The van der Waals surface area contributed by atoms with Crippen LogP contribution in [0.2, 0.25) is 0 Å². The highest BCUT2D eigenvalue weighted by atomic mass is 32.2. The van der Waals surface area contributed by atoms with Crippen LogP contribution in [0.25, 0.3) is 0 Å². The molecule has 1 heterocycles. The van der Waals surface area contributed by atoms with Crippen LogP contribution >= 0.6 is 11.8 Å². The molecule has 8 heteroatoms. The van der Waals surface area contributed by atoms with Gasteiger partial charge in [0.1, 0.15) is 12.8 Å². The van der Waals surface area contributed by atoms with Crippen LogP contribution in [0.3, 0.4) is 0 Å². The molecule has 0 unspecified atom stereocenters. The van der Waals surface area contributed by atoms with Crippen LogP contribution in [0, 0.1) is 6.92 Å². The molecule has 7 nitrogen and oxygen atoms in total. The Morgan fingerprint density at radius 1 is 1.07 bits per heavy atom. The molecular formula is C22H24N2O5S. The van der Waals surface area contributed by atoms with Crippen LogP contribution in [0.4, 0.5) is 0 Å². The average molecular weight is 429 g/mol. The van der Waals surface area contributed by atoms with Crippen molar-refractivity contribution in [3.8, 4) is 0 Å². The van der Waals surface area contributed by atoms with Crippen LogP contribution in [0.5, 0.6) is 0 Å². The van der Waals surface area contributed by atoms with Gasteiger partial charge in [-0.3, -0.25) is 14.3 Å². The number of aromatic amines is 1. The molecule has 1 aromatic heterocycles. The smallest absolute Gasteiger partial charge is 0.331 e. The molecule has 0 amide bonds. The van der Waals surface area contributed by atoms with Crippen LogP contribution < -0.4 is 11.2 Å². The van der Waals surface area contributed by atoms with Gasteiger partial charge in [-0.25, -0.2) is 4.79 Å². The number of benzene rings is 2. The van der Waals surface area contributed by atoms with Crippen molar-refractivity contribution in [1.82, 2.24) is 9.55 Å². The highest BCUT2D eigenvalue weighted by Gasteiger charge is 2.16. The quantitative estimate of drug-likeness (QED) is 0.482. The molecule has 2 aromatic carbocycles. The van der Waals surface area contributed by atoms with E-state index in [4.69, 9.17) is 9.47 Å². The number of hydrogen-bond acceptors (Lipinski definition) is 6. The molecule has 0 radical (unpaired) electrons. The first-order valence-electron chi connectivity index (χ1n) is 9.49. The molecule has 3 aromatic rings. The molecule has 0 bridgehead atoms. The Labute approximate surface area is 178 Å². The minimum Gasteiger partial charge on any atom is -0.394 e. The van der Waals surface area contributed by atoms with Gasteiger partial charge in [0, 0.05) is 10.5 Å². The highest BCUT2D eigenvalue weighted by Crippen LogP contribution is 2.27. The summed E-state index contributed by atoms with van der Waals surface area (Å²) >= 11 is 1.31. The fourth-order valence-corrected chi connectivity index (χ4v) is 3.72. The number of aliphatic hydroxyl groups is 1. The van der Waals surface area contributed by atoms with Crippen LogP contribution in [-0.2, 0) is 22.8 Å². The zero-order chi connectivity index (χ0) is 21.3. The summed E-state index contributed by atoms with van der Waals surface area (Å²) in [5.41, 5.74) is 0.446. The highest BCUT2D eigenvalue weighted by molar-refractivity contribution is 7.99. The number of ether oxygens (including phenoxy) is 2. The van der Waals surface area contributed by atoms with Crippen molar-refractivity contribution >= 4 is 11.8 Å². The molecule has 0 saturated carbocycles. The molecule has 0 fully saturated rings. The molecule has 0 aliphatic rings. The number of aromatic nitrogens is 2. The van der Waals surface area contributed by atoms with Gasteiger partial charge in [0.2, 0.25) is 0 Å². The van der Waals surface area contributed by atoms with E-state index in [0.29, 0.717) is 17.2 Å². The van der Waals surface area contributed by atoms with Crippen LogP contribution in [-0.4, -0.2) is 34.0 Å². The largest absolute Gasteiger partial charge is 0.394 e. The van der Waals surface area contributed by atoms with E-state index in [1.165, 1.54) is 16.3 Å². The van der Waals surface area contributed by atoms with E-state index in [1.807, 2.05) is 60.7 Å². The lowest BCUT2D eigenvalue weighted by atomic mass is 10.2. The second-order valence-corrected chi connectivity index (χ2v) is 7.70. The summed E-state index contributed by atoms with van der Waals surface area (Å²) in [4.78, 5) is 27.7. The van der Waals surface area contributed by atoms with Gasteiger partial charge in [0.25, 0.3) is 5.56 Å². The van der Waals surface area contributed by atoms with Gasteiger partial charge in [-0.05, 0) is 24.6 Å². The average Bonchev–Trinajstić information content (AvgIpc) is 2.77. The summed E-state index contributed by atoms with van der Waals surface area (Å²) < 4.78 is 12.7. The van der Waals surface area contributed by atoms with Crippen LogP contribution in [0.1, 0.15) is 11.1 Å². The van der Waals surface area contributed by atoms with Gasteiger partial charge < -0.3 is 14.6 Å². The Kier molecular flexibility index (Phi) is 8.04. The third kappa shape index (κ3) is 5.93. The third-order valence-electron chi connectivity index (χ3n) is 4.39. The van der Waals surface area contributed by atoms with Gasteiger partial charge in [0.15, 0.2) is 0 Å². The van der Waals surface area contributed by atoms with Gasteiger partial charge in [-0.1, -0.05) is 60.3 Å². The predicted octanol–water partition coefficient (Wildman–Crippen LogP) is 2.55. The molecule has 0 aliphatic carbocycles. The first-order chi connectivity index (χ1) is 14.6. The Morgan fingerprint density at radius 3 is 2.40 bits per heavy atom. The van der Waals surface area contributed by atoms with E-state index in [0.717, 1.165) is 10.5 Å². The third-order valence-corrected chi connectivity index (χ3v) is 5.62. The maximum Gasteiger partial charge on any atom is 0.331 e. The van der Waals surface area contributed by atoms with Crippen molar-refractivity contribution in [3.05, 3.63) is 92.6 Å². The molecule has 158 valence electrons. The predicted molar refractivity (Wildman–Crippen MR) is 115 cm³/mol. The van der Waals surface area contributed by atoms with Gasteiger partial charge in [0.05, 0.1) is 24.8 Å². The monoisotopic (exact) mass is 428 g/mol. The molecule has 0 saturated heterocycles. The fourth-order valence-electron chi connectivity index (χ4n) is 2.72. The van der Waals surface area contributed by atoms with Crippen molar-refractivity contribution in [3.63, 3.8) is 0 Å². The van der Waals surface area contributed by atoms with E-state index in [1.54, 1.807) is 6.92 Å². The Balaban J connectivity index is 1.69. The van der Waals surface area contributed by atoms with Crippen molar-refractivity contribution in [2.45, 2.75) is 36.3 Å². The lowest BCUT2D eigenvalue weighted by Crippen LogP contribution is -2.35. The fraction of sp³-hybridized carbons (Fsp3) is 0.273. The molecule has 0 spiro atoms. The lowest BCUT2D eigenvalue weighted by Gasteiger charge is -2.19. The van der Waals surface area contributed by atoms with E-state index in [-0.39, 0.29) is 19.9 Å². The number of hydrogen-bond donors (Lipinski definition) is 2. The summed E-state index contributed by atoms with van der Waals surface area (Å²) in [6.45, 7) is 1.85. The maximum absolute atomic E-state index is 12.4. The maximum atomic E-state index is 12.4. The molecule has 30 heavy (non-hydrogen) atoms. The van der Waals surface area contributed by atoms with E-state index >= 15 is 0 Å². The van der Waals surface area contributed by atoms with Crippen molar-refractivity contribution in [2.24, 2.45) is 0 Å². The lowest BCUT2D eigenvalue weighted by molar-refractivity contribution is -0.0737. The second kappa shape index (κ2) is 10.9. The van der Waals surface area contributed by atoms with E-state index in [9.17, 15) is 14.7 Å². The number of rotatable bonds is 10. The minimum absolute atomic E-state index is 0.120. The SMILES string of the molecule is Cc1c(Sc2ccccc2)n(CO[C@H](CO)COCc2ccccc2)c(=O)[nH]c1=O. The van der Waals surface area contributed by atoms with Gasteiger partial charge in [-0.15, -0.1) is 0 Å². The summed E-state index contributed by atoms with van der Waals surface area (Å²) in [6.07, 6.45) is -0.609. The second-order valence-electron chi connectivity index (χ2n) is 6.63. The number of aliphatic hydroxyl groups excluding tert-OH is 1. The van der Waals surface area contributed by atoms with E-state index in [2.05, 4.69) is 4.98 Å². The molecule has 0 aliphatic heterocycles.